The minimum absolute atomic E-state index is 0.535. The van der Waals surface area contributed by atoms with Crippen molar-refractivity contribution in [2.24, 2.45) is 0 Å². The Morgan fingerprint density at radius 3 is 2.78 bits per heavy atom. The summed E-state index contributed by atoms with van der Waals surface area (Å²) in [6.07, 6.45) is 1.70. The third-order valence-electron chi connectivity index (χ3n) is 2.68. The highest BCUT2D eigenvalue weighted by atomic mass is 32.1. The van der Waals surface area contributed by atoms with Crippen molar-refractivity contribution in [3.05, 3.63) is 40.3 Å². The molecule has 2 rings (SSSR count). The maximum atomic E-state index is 10.2. The van der Waals surface area contributed by atoms with E-state index < -0.39 is 6.10 Å². The molecule has 0 amide bonds. The molecule has 1 heterocycles. The maximum Gasteiger partial charge on any atom is 0.128 e. The van der Waals surface area contributed by atoms with E-state index in [-0.39, 0.29) is 0 Å². The Hall–Kier alpha value is -1.59. The van der Waals surface area contributed by atoms with Crippen LogP contribution in [0.3, 0.4) is 0 Å². The number of thiazole rings is 1. The van der Waals surface area contributed by atoms with Crippen LogP contribution in [0.25, 0.3) is 0 Å². The van der Waals surface area contributed by atoms with Crippen LogP contribution >= 0.6 is 11.3 Å². The molecule has 0 radical (unpaired) electrons. The van der Waals surface area contributed by atoms with E-state index in [9.17, 15) is 5.11 Å². The van der Waals surface area contributed by atoms with Gasteiger partial charge in [-0.05, 0) is 12.1 Å². The summed E-state index contributed by atoms with van der Waals surface area (Å²) in [4.78, 5) is 5.04. The Morgan fingerprint density at radius 2 is 2.17 bits per heavy atom. The number of benzene rings is 1. The molecule has 1 aromatic heterocycles. The van der Waals surface area contributed by atoms with E-state index in [1.54, 1.807) is 32.0 Å². The lowest BCUT2D eigenvalue weighted by Gasteiger charge is -2.15. The lowest BCUT2D eigenvalue weighted by Crippen LogP contribution is -2.03. The molecule has 0 saturated heterocycles. The molecule has 0 fully saturated rings. The molecular formula is C13H15NO3S. The minimum atomic E-state index is -0.605. The van der Waals surface area contributed by atoms with Crippen molar-refractivity contribution in [3.63, 3.8) is 0 Å². The smallest absolute Gasteiger partial charge is 0.128 e. The standard InChI is InChI=1S/C13H15NO3S/c1-16-9-3-4-11(13(5-9)17-2)12(15)6-10-7-14-8-18-10/h3-5,7-8,12,15H,6H2,1-2H3. The zero-order valence-corrected chi connectivity index (χ0v) is 11.1. The number of hydrogen-bond acceptors (Lipinski definition) is 5. The molecule has 0 aliphatic carbocycles. The summed E-state index contributed by atoms with van der Waals surface area (Å²) in [5.41, 5.74) is 2.51. The van der Waals surface area contributed by atoms with E-state index in [0.29, 0.717) is 17.9 Å². The van der Waals surface area contributed by atoms with Crippen LogP contribution in [0.4, 0.5) is 0 Å². The summed E-state index contributed by atoms with van der Waals surface area (Å²) >= 11 is 1.53. The lowest BCUT2D eigenvalue weighted by molar-refractivity contribution is 0.174. The van der Waals surface area contributed by atoms with E-state index in [1.807, 2.05) is 12.1 Å². The molecule has 4 nitrogen and oxygen atoms in total. The van der Waals surface area contributed by atoms with Crippen molar-refractivity contribution >= 4 is 11.3 Å². The van der Waals surface area contributed by atoms with E-state index in [4.69, 9.17) is 9.47 Å². The van der Waals surface area contributed by atoms with Gasteiger partial charge in [-0.15, -0.1) is 11.3 Å². The first-order valence-electron chi connectivity index (χ1n) is 5.52. The van der Waals surface area contributed by atoms with Crippen LogP contribution in [-0.2, 0) is 6.42 Å². The zero-order valence-electron chi connectivity index (χ0n) is 10.3. The summed E-state index contributed by atoms with van der Waals surface area (Å²) in [6, 6.07) is 5.41. The number of aromatic nitrogens is 1. The van der Waals surface area contributed by atoms with Gasteiger partial charge < -0.3 is 14.6 Å². The fourth-order valence-electron chi connectivity index (χ4n) is 1.74. The number of aliphatic hydroxyl groups excluding tert-OH is 1. The highest BCUT2D eigenvalue weighted by Gasteiger charge is 2.15. The largest absolute Gasteiger partial charge is 0.497 e. The van der Waals surface area contributed by atoms with E-state index >= 15 is 0 Å². The van der Waals surface area contributed by atoms with E-state index in [0.717, 1.165) is 10.4 Å². The quantitative estimate of drug-likeness (QED) is 0.902. The van der Waals surface area contributed by atoms with Gasteiger partial charge in [0.25, 0.3) is 0 Å². The fraction of sp³-hybridized carbons (Fsp3) is 0.308. The maximum absolute atomic E-state index is 10.2. The van der Waals surface area contributed by atoms with E-state index in [2.05, 4.69) is 4.98 Å². The highest BCUT2D eigenvalue weighted by Crippen LogP contribution is 2.31. The monoisotopic (exact) mass is 265 g/mol. The molecule has 0 spiro atoms. The molecule has 1 aromatic carbocycles. The Morgan fingerprint density at radius 1 is 1.33 bits per heavy atom. The summed E-state index contributed by atoms with van der Waals surface area (Å²) in [6.45, 7) is 0. The van der Waals surface area contributed by atoms with Crippen LogP contribution in [0.2, 0.25) is 0 Å². The first-order valence-corrected chi connectivity index (χ1v) is 6.40. The molecule has 0 bridgehead atoms. The molecule has 1 N–H and O–H groups in total. The average Bonchev–Trinajstić information content (AvgIpc) is 2.90. The van der Waals surface area contributed by atoms with Gasteiger partial charge in [-0.2, -0.15) is 0 Å². The first kappa shape index (κ1) is 12.9. The second kappa shape index (κ2) is 5.84. The van der Waals surface area contributed by atoms with Crippen LogP contribution in [0.15, 0.2) is 29.9 Å². The summed E-state index contributed by atoms with van der Waals surface area (Å²) in [5, 5.41) is 10.2. The van der Waals surface area contributed by atoms with Gasteiger partial charge in [0, 0.05) is 29.1 Å². The number of ether oxygens (including phenoxy) is 2. The van der Waals surface area contributed by atoms with Gasteiger partial charge in [0.1, 0.15) is 11.5 Å². The van der Waals surface area contributed by atoms with Crippen LogP contribution in [0.1, 0.15) is 16.5 Å². The minimum Gasteiger partial charge on any atom is -0.497 e. The van der Waals surface area contributed by atoms with Crippen molar-refractivity contribution in [1.82, 2.24) is 4.98 Å². The molecule has 0 aliphatic heterocycles. The van der Waals surface area contributed by atoms with Gasteiger partial charge in [-0.25, -0.2) is 0 Å². The predicted molar refractivity (Wildman–Crippen MR) is 70.3 cm³/mol. The molecule has 1 atom stereocenters. The molecule has 5 heteroatoms. The second-order valence-electron chi connectivity index (χ2n) is 3.80. The van der Waals surface area contributed by atoms with Crippen LogP contribution < -0.4 is 9.47 Å². The van der Waals surface area contributed by atoms with Crippen LogP contribution in [0.5, 0.6) is 11.5 Å². The van der Waals surface area contributed by atoms with Crippen molar-refractivity contribution in [2.45, 2.75) is 12.5 Å². The molecule has 96 valence electrons. The summed E-state index contributed by atoms with van der Waals surface area (Å²) in [5.74, 6) is 1.34. The van der Waals surface area contributed by atoms with Gasteiger partial charge in [0.2, 0.25) is 0 Å². The van der Waals surface area contributed by atoms with Crippen LogP contribution in [0, 0.1) is 0 Å². The Bertz CT molecular complexity index is 499. The average molecular weight is 265 g/mol. The molecule has 0 saturated carbocycles. The fourth-order valence-corrected chi connectivity index (χ4v) is 2.37. The second-order valence-corrected chi connectivity index (χ2v) is 4.77. The summed E-state index contributed by atoms with van der Waals surface area (Å²) < 4.78 is 10.4. The zero-order chi connectivity index (χ0) is 13.0. The van der Waals surface area contributed by atoms with Gasteiger partial charge in [-0.3, -0.25) is 4.98 Å². The number of methoxy groups -OCH3 is 2. The van der Waals surface area contributed by atoms with Gasteiger partial charge in [0.15, 0.2) is 0 Å². The number of rotatable bonds is 5. The number of nitrogens with zero attached hydrogens (tertiary/aromatic N) is 1. The lowest BCUT2D eigenvalue weighted by atomic mass is 10.0. The van der Waals surface area contributed by atoms with Crippen molar-refractivity contribution in [3.8, 4) is 11.5 Å². The third kappa shape index (κ3) is 2.80. The van der Waals surface area contributed by atoms with Gasteiger partial charge in [0.05, 0.1) is 25.8 Å². The van der Waals surface area contributed by atoms with Gasteiger partial charge in [-0.1, -0.05) is 0 Å². The SMILES string of the molecule is COc1ccc(C(O)Cc2cncs2)c(OC)c1. The first-order chi connectivity index (χ1) is 8.74. The molecule has 0 aliphatic rings. The Kier molecular flexibility index (Phi) is 4.17. The van der Waals surface area contributed by atoms with Crippen LogP contribution in [-0.4, -0.2) is 24.3 Å². The van der Waals surface area contributed by atoms with Crippen molar-refractivity contribution < 1.29 is 14.6 Å². The highest BCUT2D eigenvalue weighted by molar-refractivity contribution is 7.09. The third-order valence-corrected chi connectivity index (χ3v) is 3.48. The molecule has 2 aromatic rings. The number of hydrogen-bond donors (Lipinski definition) is 1. The van der Waals surface area contributed by atoms with Crippen molar-refractivity contribution in [1.29, 1.82) is 0 Å². The van der Waals surface area contributed by atoms with Gasteiger partial charge >= 0.3 is 0 Å². The molecule has 1 unspecified atom stereocenters. The molecule has 18 heavy (non-hydrogen) atoms. The van der Waals surface area contributed by atoms with Crippen molar-refractivity contribution in [2.75, 3.05) is 14.2 Å². The summed E-state index contributed by atoms with van der Waals surface area (Å²) in [7, 11) is 3.18. The normalized spacial score (nSPS) is 12.2. The number of aliphatic hydroxyl groups is 1. The molecular weight excluding hydrogens is 250 g/mol. The van der Waals surface area contributed by atoms with E-state index in [1.165, 1.54) is 11.3 Å². The predicted octanol–water partition coefficient (Wildman–Crippen LogP) is 2.44. The topological polar surface area (TPSA) is 51.6 Å². The Labute approximate surface area is 110 Å². The Balaban J connectivity index is 2.21.